The molecule has 0 spiro atoms. The van der Waals surface area contributed by atoms with Crippen LogP contribution in [0.3, 0.4) is 0 Å². The lowest BCUT2D eigenvalue weighted by Gasteiger charge is -2.33. The highest BCUT2D eigenvalue weighted by molar-refractivity contribution is 5.79. The lowest BCUT2D eigenvalue weighted by Crippen LogP contribution is -2.40. The fraction of sp³-hybridized carbons (Fsp3) is 0.700. The van der Waals surface area contributed by atoms with Crippen LogP contribution < -0.4 is 0 Å². The molecule has 0 bridgehead atoms. The highest BCUT2D eigenvalue weighted by Crippen LogP contribution is 2.32. The van der Waals surface area contributed by atoms with Gasteiger partial charge in [0.1, 0.15) is 0 Å². The van der Waals surface area contributed by atoms with Crippen LogP contribution in [0.2, 0.25) is 0 Å². The lowest BCUT2D eigenvalue weighted by molar-refractivity contribution is -0.132. The van der Waals surface area contributed by atoms with Crippen molar-refractivity contribution >= 4 is 5.91 Å². The molecule has 0 aromatic carbocycles. The van der Waals surface area contributed by atoms with Crippen molar-refractivity contribution in [3.8, 4) is 0 Å². The maximum Gasteiger partial charge on any atom is 0.226 e. The number of aryl methyl sites for hydroxylation is 1. The number of hydrogen-bond donors (Lipinski definition) is 0. The minimum absolute atomic E-state index is 0.235. The first-order valence-corrected chi connectivity index (χ1v) is 9.75. The molecule has 1 aromatic rings. The Kier molecular flexibility index (Phi) is 4.93. The number of hydrogen-bond acceptors (Lipinski definition) is 3. The highest BCUT2D eigenvalue weighted by Gasteiger charge is 2.32. The zero-order valence-electron chi connectivity index (χ0n) is 15.2. The van der Waals surface area contributed by atoms with Crippen molar-refractivity contribution in [2.24, 2.45) is 13.0 Å². The van der Waals surface area contributed by atoms with E-state index >= 15 is 0 Å². The third-order valence-corrected chi connectivity index (χ3v) is 5.74. The molecule has 1 aliphatic heterocycles. The summed E-state index contributed by atoms with van der Waals surface area (Å²) in [7, 11) is 2.00. The summed E-state index contributed by atoms with van der Waals surface area (Å²) >= 11 is 0. The number of carbonyl (C=O) groups excluding carboxylic acids is 1. The third-order valence-electron chi connectivity index (χ3n) is 5.74. The van der Waals surface area contributed by atoms with Crippen LogP contribution in [0.5, 0.6) is 0 Å². The molecule has 1 saturated carbocycles. The summed E-state index contributed by atoms with van der Waals surface area (Å²) in [5.41, 5.74) is 3.76. The van der Waals surface area contributed by atoms with Gasteiger partial charge in [0.15, 0.2) is 0 Å². The SMILES string of the molecule is Cn1ncc2c1[C@@H](COCC1CC1)CN(C(=O)CC1=CCCCC1)C2. The smallest absolute Gasteiger partial charge is 0.226 e. The second-order valence-electron chi connectivity index (χ2n) is 7.92. The van der Waals surface area contributed by atoms with Gasteiger partial charge in [-0.3, -0.25) is 9.48 Å². The lowest BCUT2D eigenvalue weighted by atomic mass is 9.94. The zero-order chi connectivity index (χ0) is 17.2. The van der Waals surface area contributed by atoms with Crippen molar-refractivity contribution in [3.63, 3.8) is 0 Å². The van der Waals surface area contributed by atoms with Gasteiger partial charge in [-0.25, -0.2) is 0 Å². The number of carbonyl (C=O) groups is 1. The van der Waals surface area contributed by atoms with Crippen LogP contribution in [0.1, 0.15) is 62.1 Å². The fourth-order valence-corrected chi connectivity index (χ4v) is 4.12. The van der Waals surface area contributed by atoms with Gasteiger partial charge < -0.3 is 9.64 Å². The molecule has 1 amide bonds. The van der Waals surface area contributed by atoms with Crippen LogP contribution in [0.15, 0.2) is 17.8 Å². The Labute approximate surface area is 150 Å². The predicted octanol–water partition coefficient (Wildman–Crippen LogP) is 3.16. The number of fused-ring (bicyclic) bond motifs is 1. The van der Waals surface area contributed by atoms with Crippen LogP contribution in [0, 0.1) is 5.92 Å². The number of amides is 1. The highest BCUT2D eigenvalue weighted by atomic mass is 16.5. The van der Waals surface area contributed by atoms with Gasteiger partial charge in [0.2, 0.25) is 5.91 Å². The van der Waals surface area contributed by atoms with Gasteiger partial charge in [-0.1, -0.05) is 11.6 Å². The molecule has 2 aliphatic carbocycles. The van der Waals surface area contributed by atoms with Gasteiger partial charge in [0.25, 0.3) is 0 Å². The van der Waals surface area contributed by atoms with E-state index in [4.69, 9.17) is 4.74 Å². The summed E-state index contributed by atoms with van der Waals surface area (Å²) in [6, 6.07) is 0. The summed E-state index contributed by atoms with van der Waals surface area (Å²) in [5.74, 6) is 1.26. The summed E-state index contributed by atoms with van der Waals surface area (Å²) in [4.78, 5) is 14.9. The van der Waals surface area contributed by atoms with E-state index in [0.29, 0.717) is 19.6 Å². The van der Waals surface area contributed by atoms with Crippen molar-refractivity contribution in [3.05, 3.63) is 29.1 Å². The number of rotatable bonds is 6. The van der Waals surface area contributed by atoms with Gasteiger partial charge in [-0.05, 0) is 44.4 Å². The van der Waals surface area contributed by atoms with E-state index < -0.39 is 0 Å². The van der Waals surface area contributed by atoms with Crippen molar-refractivity contribution in [1.82, 2.24) is 14.7 Å². The van der Waals surface area contributed by atoms with Gasteiger partial charge >= 0.3 is 0 Å². The first-order valence-electron chi connectivity index (χ1n) is 9.75. The van der Waals surface area contributed by atoms with E-state index in [1.54, 1.807) is 0 Å². The molecule has 5 heteroatoms. The van der Waals surface area contributed by atoms with E-state index in [1.807, 2.05) is 22.8 Å². The van der Waals surface area contributed by atoms with Crippen LogP contribution in [-0.2, 0) is 23.1 Å². The summed E-state index contributed by atoms with van der Waals surface area (Å²) in [6.07, 6.45) is 12.1. The Bertz CT molecular complexity index is 660. The number of ether oxygens (including phenoxy) is 1. The Hall–Kier alpha value is -1.62. The molecule has 5 nitrogen and oxygen atoms in total. The van der Waals surface area contributed by atoms with E-state index in [1.165, 1.54) is 42.5 Å². The van der Waals surface area contributed by atoms with E-state index in [2.05, 4.69) is 11.2 Å². The molecule has 2 heterocycles. The predicted molar refractivity (Wildman–Crippen MR) is 96.1 cm³/mol. The number of aromatic nitrogens is 2. The maximum atomic E-state index is 12.8. The molecule has 25 heavy (non-hydrogen) atoms. The topological polar surface area (TPSA) is 47.4 Å². The molecule has 0 saturated heterocycles. The van der Waals surface area contributed by atoms with Crippen LogP contribution in [0.25, 0.3) is 0 Å². The molecule has 1 aromatic heterocycles. The van der Waals surface area contributed by atoms with Crippen LogP contribution in [-0.4, -0.2) is 40.3 Å². The molecule has 4 rings (SSSR count). The van der Waals surface area contributed by atoms with Crippen LogP contribution >= 0.6 is 0 Å². The van der Waals surface area contributed by atoms with Crippen LogP contribution in [0.4, 0.5) is 0 Å². The maximum absolute atomic E-state index is 12.8. The normalized spacial score (nSPS) is 23.3. The quantitative estimate of drug-likeness (QED) is 0.746. The molecule has 1 atom stereocenters. The number of nitrogens with zero attached hydrogens (tertiary/aromatic N) is 3. The van der Waals surface area contributed by atoms with E-state index in [9.17, 15) is 4.79 Å². The van der Waals surface area contributed by atoms with E-state index in [-0.39, 0.29) is 11.8 Å². The Morgan fingerprint density at radius 2 is 2.20 bits per heavy atom. The van der Waals surface area contributed by atoms with Crippen molar-refractivity contribution < 1.29 is 9.53 Å². The Balaban J connectivity index is 1.42. The second kappa shape index (κ2) is 7.32. The largest absolute Gasteiger partial charge is 0.380 e. The minimum atomic E-state index is 0.235. The monoisotopic (exact) mass is 343 g/mol. The molecule has 1 fully saturated rings. The van der Waals surface area contributed by atoms with Crippen molar-refractivity contribution in [2.75, 3.05) is 19.8 Å². The van der Waals surface area contributed by atoms with E-state index in [0.717, 1.165) is 31.9 Å². The number of allylic oxidation sites excluding steroid dienone is 1. The van der Waals surface area contributed by atoms with Gasteiger partial charge in [0.05, 0.1) is 18.5 Å². The first kappa shape index (κ1) is 16.8. The Morgan fingerprint density at radius 3 is 2.96 bits per heavy atom. The first-order chi connectivity index (χ1) is 12.2. The molecular weight excluding hydrogens is 314 g/mol. The second-order valence-corrected chi connectivity index (χ2v) is 7.92. The van der Waals surface area contributed by atoms with Crippen molar-refractivity contribution in [2.45, 2.75) is 57.4 Å². The molecule has 0 N–H and O–H groups in total. The molecule has 3 aliphatic rings. The molecule has 0 unspecified atom stereocenters. The van der Waals surface area contributed by atoms with Gasteiger partial charge in [-0.2, -0.15) is 5.10 Å². The minimum Gasteiger partial charge on any atom is -0.380 e. The zero-order valence-corrected chi connectivity index (χ0v) is 15.2. The molecular formula is C20H29N3O2. The third kappa shape index (κ3) is 3.97. The van der Waals surface area contributed by atoms with Gasteiger partial charge in [-0.15, -0.1) is 0 Å². The van der Waals surface area contributed by atoms with Gasteiger partial charge in [0, 0.05) is 44.6 Å². The standard InChI is InChI=1S/C20H29N3O2/c1-22-20-17(10-21-22)11-23(12-18(20)14-25-13-16-7-8-16)19(24)9-15-5-3-2-4-6-15/h5,10,16,18H,2-4,6-9,11-14H2,1H3/t18-/m1/s1. The summed E-state index contributed by atoms with van der Waals surface area (Å²) in [6.45, 7) is 3.00. The summed E-state index contributed by atoms with van der Waals surface area (Å²) < 4.78 is 7.93. The molecule has 0 radical (unpaired) electrons. The average molecular weight is 343 g/mol. The fourth-order valence-electron chi connectivity index (χ4n) is 4.12. The molecule has 136 valence electrons. The Morgan fingerprint density at radius 1 is 1.32 bits per heavy atom. The summed E-state index contributed by atoms with van der Waals surface area (Å²) in [5, 5.41) is 4.43. The van der Waals surface area contributed by atoms with Crippen molar-refractivity contribution in [1.29, 1.82) is 0 Å². The average Bonchev–Trinajstić information content (AvgIpc) is 3.37.